The quantitative estimate of drug-likeness (QED) is 0.908. The van der Waals surface area contributed by atoms with E-state index in [4.69, 9.17) is 5.73 Å². The number of thioether (sulfide) groups is 1. The lowest BCUT2D eigenvalue weighted by Crippen LogP contribution is -2.54. The van der Waals surface area contributed by atoms with Gasteiger partial charge >= 0.3 is 6.03 Å². The van der Waals surface area contributed by atoms with Crippen LogP contribution in [0.3, 0.4) is 0 Å². The zero-order valence-electron chi connectivity index (χ0n) is 12.4. The molecule has 5 rings (SSSR count). The molecule has 5 nitrogen and oxygen atoms in total. The number of piperidine rings is 3. The van der Waals surface area contributed by atoms with Crippen molar-refractivity contribution < 1.29 is 4.79 Å². The number of amides is 2. The van der Waals surface area contributed by atoms with Crippen LogP contribution in [0, 0.1) is 11.8 Å². The molecule has 3 saturated heterocycles. The molecule has 2 unspecified atom stereocenters. The Hall–Kier alpha value is -1.53. The summed E-state index contributed by atoms with van der Waals surface area (Å²) in [4.78, 5) is 21.3. The normalized spacial score (nSPS) is 33.8. The van der Waals surface area contributed by atoms with Crippen molar-refractivity contribution in [1.29, 1.82) is 0 Å². The molecule has 2 amide bonds. The minimum atomic E-state index is -0.349. The number of fused-ring (bicyclic) bond motifs is 3. The molecule has 116 valence electrons. The van der Waals surface area contributed by atoms with Crippen LogP contribution in [0.2, 0.25) is 0 Å². The molecule has 4 aliphatic heterocycles. The number of rotatable bonds is 2. The van der Waals surface area contributed by atoms with Crippen LogP contribution in [0.1, 0.15) is 18.4 Å². The Morgan fingerprint density at radius 1 is 1.27 bits per heavy atom. The molecule has 5 heterocycles. The maximum atomic E-state index is 11.9. The van der Waals surface area contributed by atoms with Gasteiger partial charge in [0.25, 0.3) is 0 Å². The van der Waals surface area contributed by atoms with E-state index >= 15 is 0 Å². The predicted octanol–water partition coefficient (Wildman–Crippen LogP) is 2.18. The molecule has 22 heavy (non-hydrogen) atoms. The maximum absolute atomic E-state index is 11.9. The lowest BCUT2D eigenvalue weighted by atomic mass is 9.78. The number of carbonyl (C=O) groups excluding carboxylic acids is 1. The monoisotopic (exact) mass is 316 g/mol. The fraction of sp³-hybridized carbons (Fsp3) is 0.500. The average Bonchev–Trinajstić information content (AvgIpc) is 3.02. The van der Waals surface area contributed by atoms with Crippen molar-refractivity contribution in [3.63, 3.8) is 0 Å². The molecule has 3 fully saturated rings. The molecule has 4 aliphatic rings. The van der Waals surface area contributed by atoms with Gasteiger partial charge in [0.1, 0.15) is 0 Å². The van der Waals surface area contributed by atoms with Gasteiger partial charge in [-0.3, -0.25) is 9.88 Å². The highest BCUT2D eigenvalue weighted by Gasteiger charge is 2.44. The van der Waals surface area contributed by atoms with Gasteiger partial charge < -0.3 is 10.6 Å². The third kappa shape index (κ3) is 2.40. The molecule has 0 saturated carbocycles. The number of nitrogens with two attached hydrogens (primary N) is 1. The highest BCUT2D eigenvalue weighted by molar-refractivity contribution is 8.09. The van der Waals surface area contributed by atoms with Crippen molar-refractivity contribution >= 4 is 22.7 Å². The number of pyridine rings is 1. The molecular formula is C16H20N4OS. The van der Waals surface area contributed by atoms with Crippen molar-refractivity contribution in [2.75, 3.05) is 19.6 Å². The Bertz CT molecular complexity index is 597. The molecule has 0 aliphatic carbocycles. The van der Waals surface area contributed by atoms with E-state index in [0.717, 1.165) is 22.9 Å². The minimum absolute atomic E-state index is 0.133. The van der Waals surface area contributed by atoms with Crippen LogP contribution >= 0.6 is 11.8 Å². The first-order chi connectivity index (χ1) is 10.7. The molecule has 2 N–H and O–H groups in total. The molecule has 6 heteroatoms. The van der Waals surface area contributed by atoms with Crippen molar-refractivity contribution in [2.45, 2.75) is 18.2 Å². The smallest absolute Gasteiger partial charge is 0.319 e. The predicted molar refractivity (Wildman–Crippen MR) is 87.7 cm³/mol. The second-order valence-corrected chi connectivity index (χ2v) is 7.44. The molecule has 2 bridgehead atoms. The largest absolute Gasteiger partial charge is 0.351 e. The van der Waals surface area contributed by atoms with Crippen molar-refractivity contribution in [2.24, 2.45) is 17.6 Å². The van der Waals surface area contributed by atoms with Crippen molar-refractivity contribution in [3.8, 4) is 0 Å². The lowest BCUT2D eigenvalue weighted by molar-refractivity contribution is 0.0354. The first kappa shape index (κ1) is 14.1. The number of carbonyl (C=O) groups is 1. The van der Waals surface area contributed by atoms with Gasteiger partial charge in [0.05, 0.1) is 5.37 Å². The van der Waals surface area contributed by atoms with Crippen LogP contribution in [-0.2, 0) is 0 Å². The molecule has 0 aromatic carbocycles. The number of primary amides is 1. The van der Waals surface area contributed by atoms with Gasteiger partial charge in [0, 0.05) is 36.0 Å². The van der Waals surface area contributed by atoms with Crippen LogP contribution in [0.15, 0.2) is 30.7 Å². The van der Waals surface area contributed by atoms with Gasteiger partial charge in [-0.15, -0.1) is 0 Å². The zero-order chi connectivity index (χ0) is 15.1. The molecule has 1 aromatic heterocycles. The zero-order valence-corrected chi connectivity index (χ0v) is 13.2. The van der Waals surface area contributed by atoms with Gasteiger partial charge in [0.15, 0.2) is 0 Å². The number of urea groups is 1. The fourth-order valence-electron chi connectivity index (χ4n) is 3.89. The van der Waals surface area contributed by atoms with Crippen LogP contribution in [-0.4, -0.2) is 45.8 Å². The summed E-state index contributed by atoms with van der Waals surface area (Å²) in [5, 5.41) is 0.133. The van der Waals surface area contributed by atoms with E-state index in [1.54, 1.807) is 29.1 Å². The van der Waals surface area contributed by atoms with Crippen molar-refractivity contribution in [3.05, 3.63) is 36.3 Å². The standard InChI is InChI=1S/C16H20N4OS/c17-16(21)20-10-14(12-1-5-18-6-2-12)22-15(20)13-9-19-7-3-11(13)4-8-19/h1-2,5-6,10-11,13,15H,3-4,7-9H2,(H2,17,21). The van der Waals surface area contributed by atoms with Crippen LogP contribution in [0.5, 0.6) is 0 Å². The Labute approximate surface area is 134 Å². The van der Waals surface area contributed by atoms with E-state index in [9.17, 15) is 4.79 Å². The number of hydrogen-bond donors (Lipinski definition) is 1. The van der Waals surface area contributed by atoms with E-state index in [1.165, 1.54) is 25.9 Å². The third-order valence-electron chi connectivity index (χ3n) is 5.07. The number of aromatic nitrogens is 1. The Morgan fingerprint density at radius 2 is 2.00 bits per heavy atom. The molecule has 0 radical (unpaired) electrons. The summed E-state index contributed by atoms with van der Waals surface area (Å²) in [6.07, 6.45) is 7.99. The summed E-state index contributed by atoms with van der Waals surface area (Å²) in [5.74, 6) is 1.23. The van der Waals surface area contributed by atoms with Gasteiger partial charge in [-0.2, -0.15) is 0 Å². The highest BCUT2D eigenvalue weighted by Crippen LogP contribution is 2.47. The van der Waals surface area contributed by atoms with E-state index in [2.05, 4.69) is 9.88 Å². The minimum Gasteiger partial charge on any atom is -0.351 e. The van der Waals surface area contributed by atoms with E-state index in [-0.39, 0.29) is 11.4 Å². The molecule has 1 aromatic rings. The topological polar surface area (TPSA) is 62.5 Å². The number of nitrogens with zero attached hydrogens (tertiary/aromatic N) is 3. The fourth-order valence-corrected chi connectivity index (χ4v) is 5.36. The lowest BCUT2D eigenvalue weighted by Gasteiger charge is -2.48. The first-order valence-corrected chi connectivity index (χ1v) is 8.69. The summed E-state index contributed by atoms with van der Waals surface area (Å²) in [6.45, 7) is 3.50. The van der Waals surface area contributed by atoms with Gasteiger partial charge in [-0.05, 0) is 49.5 Å². The van der Waals surface area contributed by atoms with Crippen LogP contribution in [0.4, 0.5) is 4.79 Å². The Kier molecular flexibility index (Phi) is 3.58. The van der Waals surface area contributed by atoms with Crippen LogP contribution < -0.4 is 5.73 Å². The molecule has 0 spiro atoms. The molecular weight excluding hydrogens is 296 g/mol. The summed E-state index contributed by atoms with van der Waals surface area (Å²) >= 11 is 1.78. The van der Waals surface area contributed by atoms with E-state index < -0.39 is 0 Å². The third-order valence-corrected chi connectivity index (χ3v) is 6.48. The Morgan fingerprint density at radius 3 is 2.59 bits per heavy atom. The SMILES string of the molecule is NC(=O)N1C=C(c2ccncc2)SC1C1CN2CCC1CC2. The highest BCUT2D eigenvalue weighted by atomic mass is 32.2. The van der Waals surface area contributed by atoms with Gasteiger partial charge in [-0.1, -0.05) is 11.8 Å². The summed E-state index contributed by atoms with van der Waals surface area (Å²) in [6, 6.07) is 3.62. The first-order valence-electron chi connectivity index (χ1n) is 7.81. The second-order valence-electron chi connectivity index (χ2n) is 6.29. The maximum Gasteiger partial charge on any atom is 0.319 e. The average molecular weight is 316 g/mol. The molecule has 2 atom stereocenters. The van der Waals surface area contributed by atoms with Crippen molar-refractivity contribution in [1.82, 2.24) is 14.8 Å². The van der Waals surface area contributed by atoms with Gasteiger partial charge in [0.2, 0.25) is 0 Å². The van der Waals surface area contributed by atoms with Crippen LogP contribution in [0.25, 0.3) is 4.91 Å². The summed E-state index contributed by atoms with van der Waals surface area (Å²) in [5.41, 5.74) is 6.74. The van der Waals surface area contributed by atoms with Gasteiger partial charge in [-0.25, -0.2) is 4.79 Å². The van der Waals surface area contributed by atoms with E-state index in [0.29, 0.717) is 5.92 Å². The number of hydrogen-bond acceptors (Lipinski definition) is 4. The van der Waals surface area contributed by atoms with E-state index in [1.807, 2.05) is 18.3 Å². The summed E-state index contributed by atoms with van der Waals surface area (Å²) in [7, 11) is 0. The second kappa shape index (κ2) is 5.59. The summed E-state index contributed by atoms with van der Waals surface area (Å²) < 4.78 is 0. The Balaban J connectivity index is 1.60.